The average molecular weight is 185 g/mol. The Labute approximate surface area is 80.1 Å². The lowest BCUT2D eigenvalue weighted by atomic mass is 9.75. The fourth-order valence-electron chi connectivity index (χ4n) is 3.01. The van der Waals surface area contributed by atoms with Gasteiger partial charge in [0.2, 0.25) is 0 Å². The van der Waals surface area contributed by atoms with Crippen LogP contribution in [-0.2, 0) is 0 Å². The van der Waals surface area contributed by atoms with E-state index in [0.29, 0.717) is 12.5 Å². The van der Waals surface area contributed by atoms with Gasteiger partial charge >= 0.3 is 0 Å². The van der Waals surface area contributed by atoms with Crippen LogP contribution in [0, 0.1) is 11.8 Å². The van der Waals surface area contributed by atoms with Crippen LogP contribution >= 0.6 is 0 Å². The van der Waals surface area contributed by atoms with Crippen LogP contribution in [0.4, 0.5) is 4.39 Å². The maximum atomic E-state index is 14.0. The van der Waals surface area contributed by atoms with Crippen molar-refractivity contribution in [2.45, 2.75) is 44.7 Å². The molecule has 1 nitrogen and oxygen atoms in total. The van der Waals surface area contributed by atoms with Crippen molar-refractivity contribution in [1.29, 1.82) is 0 Å². The van der Waals surface area contributed by atoms with Gasteiger partial charge < -0.3 is 5.32 Å². The molecule has 0 aromatic heterocycles. The van der Waals surface area contributed by atoms with E-state index in [1.807, 2.05) is 0 Å². The van der Waals surface area contributed by atoms with Gasteiger partial charge in [0.05, 0.1) is 0 Å². The van der Waals surface area contributed by atoms with Crippen LogP contribution in [-0.4, -0.2) is 18.8 Å². The number of halogens is 1. The Bertz CT molecular complexity index is 173. The van der Waals surface area contributed by atoms with E-state index in [0.717, 1.165) is 6.54 Å². The highest BCUT2D eigenvalue weighted by atomic mass is 19.1. The average Bonchev–Trinajstić information content (AvgIpc) is 2.47. The van der Waals surface area contributed by atoms with Crippen molar-refractivity contribution in [1.82, 2.24) is 5.32 Å². The van der Waals surface area contributed by atoms with Crippen molar-refractivity contribution in [3.63, 3.8) is 0 Å². The smallest absolute Gasteiger partial charge is 0.124 e. The first-order valence-corrected chi connectivity index (χ1v) is 5.60. The summed E-state index contributed by atoms with van der Waals surface area (Å²) in [5.74, 6) is 0.937. The highest BCUT2D eigenvalue weighted by Crippen LogP contribution is 2.39. The van der Waals surface area contributed by atoms with Crippen molar-refractivity contribution in [3.05, 3.63) is 0 Å². The fraction of sp³-hybridized carbons (Fsp3) is 1.00. The van der Waals surface area contributed by atoms with Gasteiger partial charge in [-0.2, -0.15) is 0 Å². The third-order valence-corrected chi connectivity index (χ3v) is 3.83. The number of nitrogens with one attached hydrogen (secondary N) is 1. The summed E-state index contributed by atoms with van der Waals surface area (Å²) in [5, 5.41) is 3.18. The molecule has 2 atom stereocenters. The molecule has 0 aromatic rings. The van der Waals surface area contributed by atoms with Crippen LogP contribution in [0.5, 0.6) is 0 Å². The molecule has 13 heavy (non-hydrogen) atoms. The van der Waals surface area contributed by atoms with Crippen molar-refractivity contribution >= 4 is 0 Å². The molecule has 1 saturated carbocycles. The van der Waals surface area contributed by atoms with Gasteiger partial charge in [0.15, 0.2) is 0 Å². The van der Waals surface area contributed by atoms with Crippen LogP contribution in [0.1, 0.15) is 39.0 Å². The van der Waals surface area contributed by atoms with Gasteiger partial charge in [0, 0.05) is 19.0 Å². The highest BCUT2D eigenvalue weighted by molar-refractivity contribution is 4.96. The van der Waals surface area contributed by atoms with Gasteiger partial charge in [0.1, 0.15) is 5.67 Å². The minimum atomic E-state index is -0.942. The van der Waals surface area contributed by atoms with E-state index in [-0.39, 0.29) is 5.92 Å². The van der Waals surface area contributed by atoms with E-state index in [9.17, 15) is 4.39 Å². The molecule has 76 valence electrons. The Morgan fingerprint density at radius 3 is 2.46 bits per heavy atom. The van der Waals surface area contributed by atoms with E-state index < -0.39 is 5.67 Å². The third-order valence-electron chi connectivity index (χ3n) is 3.83. The fourth-order valence-corrected chi connectivity index (χ4v) is 3.01. The number of hydrogen-bond acceptors (Lipinski definition) is 1. The first-order chi connectivity index (χ1) is 6.20. The summed E-state index contributed by atoms with van der Waals surface area (Å²) >= 11 is 0. The molecule has 1 saturated heterocycles. The second kappa shape index (κ2) is 3.56. The maximum absolute atomic E-state index is 14.0. The first-order valence-electron chi connectivity index (χ1n) is 5.60. The molecule has 0 amide bonds. The first kappa shape index (κ1) is 9.45. The summed E-state index contributed by atoms with van der Waals surface area (Å²) in [7, 11) is 0. The quantitative estimate of drug-likeness (QED) is 0.662. The molecule has 1 N–H and O–H groups in total. The monoisotopic (exact) mass is 185 g/mol. The molecule has 1 aliphatic heterocycles. The Kier molecular flexibility index (Phi) is 2.59. The molecule has 2 aliphatic rings. The lowest BCUT2D eigenvalue weighted by Gasteiger charge is -2.32. The maximum Gasteiger partial charge on any atom is 0.124 e. The van der Waals surface area contributed by atoms with Gasteiger partial charge in [-0.25, -0.2) is 4.39 Å². The van der Waals surface area contributed by atoms with Crippen molar-refractivity contribution in [2.75, 3.05) is 13.1 Å². The minimum Gasteiger partial charge on any atom is -0.313 e. The predicted molar refractivity (Wildman–Crippen MR) is 52.4 cm³/mol. The lowest BCUT2D eigenvalue weighted by Crippen LogP contribution is -2.34. The van der Waals surface area contributed by atoms with E-state index in [4.69, 9.17) is 0 Å². The highest BCUT2D eigenvalue weighted by Gasteiger charge is 2.43. The molecule has 2 rings (SSSR count). The van der Waals surface area contributed by atoms with Gasteiger partial charge in [-0.15, -0.1) is 0 Å². The summed E-state index contributed by atoms with van der Waals surface area (Å²) in [6.45, 7) is 3.23. The van der Waals surface area contributed by atoms with Crippen LogP contribution in [0.2, 0.25) is 0 Å². The predicted octanol–water partition coefficient (Wildman–Crippen LogP) is 2.51. The summed E-state index contributed by atoms with van der Waals surface area (Å²) in [5.41, 5.74) is -0.942. The summed E-state index contributed by atoms with van der Waals surface area (Å²) in [6.07, 6.45) is 6.51. The zero-order valence-electron chi connectivity index (χ0n) is 8.48. The minimum absolute atomic E-state index is 0.285. The number of hydrogen-bond donors (Lipinski definition) is 1. The molecule has 1 aliphatic carbocycles. The largest absolute Gasteiger partial charge is 0.313 e. The molecule has 2 unspecified atom stereocenters. The van der Waals surface area contributed by atoms with Gasteiger partial charge in [-0.3, -0.25) is 0 Å². The second-order valence-electron chi connectivity index (χ2n) is 4.91. The van der Waals surface area contributed by atoms with E-state index >= 15 is 0 Å². The molecule has 1 heterocycles. The van der Waals surface area contributed by atoms with Crippen LogP contribution in [0.15, 0.2) is 0 Å². The Hall–Kier alpha value is -0.110. The van der Waals surface area contributed by atoms with Crippen molar-refractivity contribution in [3.8, 4) is 0 Å². The summed E-state index contributed by atoms with van der Waals surface area (Å²) in [6, 6.07) is 0. The van der Waals surface area contributed by atoms with Crippen LogP contribution in [0.25, 0.3) is 0 Å². The van der Waals surface area contributed by atoms with E-state index in [2.05, 4.69) is 5.32 Å². The number of alkyl halides is 1. The Balaban J connectivity index is 1.98. The van der Waals surface area contributed by atoms with Crippen molar-refractivity contribution in [2.24, 2.45) is 11.8 Å². The number of rotatable bonds is 1. The van der Waals surface area contributed by atoms with E-state index in [1.54, 1.807) is 6.92 Å². The van der Waals surface area contributed by atoms with Gasteiger partial charge in [-0.1, -0.05) is 32.1 Å². The SMILES string of the molecule is CC1(F)CNCC1C1CCCCC1. The van der Waals surface area contributed by atoms with Gasteiger partial charge in [-0.05, 0) is 12.8 Å². The zero-order chi connectivity index (χ0) is 9.31. The zero-order valence-corrected chi connectivity index (χ0v) is 8.48. The summed E-state index contributed by atoms with van der Waals surface area (Å²) in [4.78, 5) is 0. The molecule has 0 bridgehead atoms. The van der Waals surface area contributed by atoms with Gasteiger partial charge in [0.25, 0.3) is 0 Å². The molecule has 2 fully saturated rings. The Morgan fingerprint density at radius 1 is 1.23 bits per heavy atom. The van der Waals surface area contributed by atoms with E-state index in [1.165, 1.54) is 32.1 Å². The molecule has 2 heteroatoms. The third kappa shape index (κ3) is 1.88. The van der Waals surface area contributed by atoms with Crippen LogP contribution < -0.4 is 5.32 Å². The Morgan fingerprint density at radius 2 is 1.92 bits per heavy atom. The standard InChI is InChI=1S/C11H20FN/c1-11(12)8-13-7-10(11)9-5-3-2-4-6-9/h9-10,13H,2-8H2,1H3. The molecular formula is C11H20FN. The molecule has 0 aromatic carbocycles. The van der Waals surface area contributed by atoms with Crippen molar-refractivity contribution < 1.29 is 4.39 Å². The normalized spacial score (nSPS) is 42.5. The lowest BCUT2D eigenvalue weighted by molar-refractivity contribution is 0.0904. The molecular weight excluding hydrogens is 165 g/mol. The molecule has 0 spiro atoms. The summed E-state index contributed by atoms with van der Waals surface area (Å²) < 4.78 is 14.0. The second-order valence-corrected chi connectivity index (χ2v) is 4.91. The molecule has 0 radical (unpaired) electrons. The van der Waals surface area contributed by atoms with Crippen LogP contribution in [0.3, 0.4) is 0 Å². The topological polar surface area (TPSA) is 12.0 Å².